The Kier molecular flexibility index (Phi) is 3.94. The second-order valence-electron chi connectivity index (χ2n) is 5.21. The quantitative estimate of drug-likeness (QED) is 0.843. The van der Waals surface area contributed by atoms with Crippen molar-refractivity contribution in [1.29, 1.82) is 0 Å². The van der Waals surface area contributed by atoms with Gasteiger partial charge in [0.15, 0.2) is 21.5 Å². The molecule has 9 heteroatoms. The summed E-state index contributed by atoms with van der Waals surface area (Å²) in [5, 5.41) is 2.98. The zero-order chi connectivity index (χ0) is 14.9. The fourth-order valence-corrected chi connectivity index (χ4v) is 4.19. The SMILES string of the molecule is O=S1(=O)CC[C@@H](Nc2ncc(F)c(N3CCOCC3)n2)C1. The van der Waals surface area contributed by atoms with Gasteiger partial charge in [0, 0.05) is 19.1 Å². The van der Waals surface area contributed by atoms with Gasteiger partial charge >= 0.3 is 0 Å². The van der Waals surface area contributed by atoms with Crippen LogP contribution < -0.4 is 10.2 Å². The Bertz CT molecular complexity index is 619. The van der Waals surface area contributed by atoms with Crippen LogP contribution in [0, 0.1) is 5.82 Å². The molecule has 3 rings (SSSR count). The molecule has 0 aliphatic carbocycles. The average molecular weight is 316 g/mol. The number of halogens is 1. The summed E-state index contributed by atoms with van der Waals surface area (Å²) in [5.74, 6) is 0.251. The molecule has 0 aromatic carbocycles. The zero-order valence-corrected chi connectivity index (χ0v) is 12.3. The van der Waals surface area contributed by atoms with Crippen LogP contribution in [-0.2, 0) is 14.6 Å². The van der Waals surface area contributed by atoms with Gasteiger partial charge in [-0.25, -0.2) is 17.8 Å². The van der Waals surface area contributed by atoms with Gasteiger partial charge in [-0.05, 0) is 6.42 Å². The summed E-state index contributed by atoms with van der Waals surface area (Å²) >= 11 is 0. The largest absolute Gasteiger partial charge is 0.378 e. The van der Waals surface area contributed by atoms with Gasteiger partial charge in [0.05, 0.1) is 30.9 Å². The lowest BCUT2D eigenvalue weighted by molar-refractivity contribution is 0.122. The number of rotatable bonds is 3. The molecular formula is C12H17FN4O3S. The number of morpholine rings is 1. The van der Waals surface area contributed by atoms with E-state index in [1.165, 1.54) is 0 Å². The summed E-state index contributed by atoms with van der Waals surface area (Å²) in [6.07, 6.45) is 1.64. The van der Waals surface area contributed by atoms with E-state index in [1.54, 1.807) is 4.90 Å². The summed E-state index contributed by atoms with van der Waals surface area (Å²) in [4.78, 5) is 9.88. The third-order valence-corrected chi connectivity index (χ3v) is 5.37. The van der Waals surface area contributed by atoms with Crippen molar-refractivity contribution in [1.82, 2.24) is 9.97 Å². The molecule has 1 atom stereocenters. The Labute approximate surface area is 122 Å². The summed E-state index contributed by atoms with van der Waals surface area (Å²) in [5.41, 5.74) is 0. The highest BCUT2D eigenvalue weighted by atomic mass is 32.2. The van der Waals surface area contributed by atoms with E-state index in [-0.39, 0.29) is 29.3 Å². The molecule has 0 spiro atoms. The maximum absolute atomic E-state index is 13.9. The van der Waals surface area contributed by atoms with E-state index < -0.39 is 15.7 Å². The van der Waals surface area contributed by atoms with E-state index in [4.69, 9.17) is 4.74 Å². The molecule has 1 N–H and O–H groups in total. The predicted molar refractivity (Wildman–Crippen MR) is 75.7 cm³/mol. The molecule has 3 heterocycles. The molecule has 0 radical (unpaired) electrons. The van der Waals surface area contributed by atoms with Gasteiger partial charge in [0.2, 0.25) is 5.95 Å². The molecule has 0 bridgehead atoms. The van der Waals surface area contributed by atoms with Crippen molar-refractivity contribution < 1.29 is 17.5 Å². The van der Waals surface area contributed by atoms with Crippen molar-refractivity contribution in [2.24, 2.45) is 0 Å². The first-order valence-corrected chi connectivity index (χ1v) is 8.68. The minimum atomic E-state index is -2.97. The zero-order valence-electron chi connectivity index (χ0n) is 11.5. The number of nitrogens with one attached hydrogen (secondary N) is 1. The van der Waals surface area contributed by atoms with Crippen molar-refractivity contribution >= 4 is 21.6 Å². The summed E-state index contributed by atoms with van der Waals surface area (Å²) in [6.45, 7) is 2.22. The Morgan fingerprint density at radius 1 is 1.38 bits per heavy atom. The lowest BCUT2D eigenvalue weighted by atomic mass is 10.3. The van der Waals surface area contributed by atoms with E-state index >= 15 is 0 Å². The monoisotopic (exact) mass is 316 g/mol. The number of anilines is 2. The Morgan fingerprint density at radius 3 is 2.81 bits per heavy atom. The number of hydrogen-bond acceptors (Lipinski definition) is 7. The van der Waals surface area contributed by atoms with Crippen LogP contribution in [0.4, 0.5) is 16.2 Å². The van der Waals surface area contributed by atoms with Crippen LogP contribution in [0.15, 0.2) is 6.20 Å². The minimum Gasteiger partial charge on any atom is -0.378 e. The van der Waals surface area contributed by atoms with Gasteiger partial charge in [-0.15, -0.1) is 0 Å². The number of ether oxygens (including phenoxy) is 1. The van der Waals surface area contributed by atoms with Crippen molar-refractivity contribution in [3.05, 3.63) is 12.0 Å². The standard InChI is InChI=1S/C12H17FN4O3S/c13-10-7-14-12(15-9-1-6-21(18,19)8-9)16-11(10)17-2-4-20-5-3-17/h7,9H,1-6,8H2,(H,14,15,16)/t9-/m1/s1. The van der Waals surface area contributed by atoms with Crippen LogP contribution in [0.5, 0.6) is 0 Å². The van der Waals surface area contributed by atoms with Crippen LogP contribution in [0.25, 0.3) is 0 Å². The lowest BCUT2D eigenvalue weighted by Crippen LogP contribution is -2.37. The molecule has 21 heavy (non-hydrogen) atoms. The third kappa shape index (κ3) is 3.41. The maximum Gasteiger partial charge on any atom is 0.225 e. The minimum absolute atomic E-state index is 0.0701. The number of hydrogen-bond donors (Lipinski definition) is 1. The molecule has 2 fully saturated rings. The van der Waals surface area contributed by atoms with Gasteiger partial charge in [0.1, 0.15) is 0 Å². The number of sulfone groups is 1. The predicted octanol–water partition coefficient (Wildman–Crippen LogP) is 0.0513. The molecule has 0 unspecified atom stereocenters. The van der Waals surface area contributed by atoms with E-state index in [1.807, 2.05) is 0 Å². The molecule has 2 saturated heterocycles. The molecule has 2 aliphatic heterocycles. The smallest absolute Gasteiger partial charge is 0.225 e. The van der Waals surface area contributed by atoms with Crippen LogP contribution in [0.3, 0.4) is 0 Å². The molecule has 7 nitrogen and oxygen atoms in total. The second kappa shape index (κ2) is 5.72. The van der Waals surface area contributed by atoms with Gasteiger partial charge < -0.3 is 15.0 Å². The molecule has 0 amide bonds. The Balaban J connectivity index is 1.74. The van der Waals surface area contributed by atoms with Gasteiger partial charge in [-0.2, -0.15) is 4.98 Å². The normalized spacial score (nSPS) is 25.0. The first-order chi connectivity index (χ1) is 10.0. The molecule has 1 aromatic rings. The molecule has 116 valence electrons. The topological polar surface area (TPSA) is 84.4 Å². The highest BCUT2D eigenvalue weighted by Gasteiger charge is 2.28. The van der Waals surface area contributed by atoms with E-state index in [9.17, 15) is 12.8 Å². The van der Waals surface area contributed by atoms with Gasteiger partial charge in [-0.1, -0.05) is 0 Å². The van der Waals surface area contributed by atoms with Crippen molar-refractivity contribution in [2.75, 3.05) is 48.0 Å². The number of aromatic nitrogens is 2. The van der Waals surface area contributed by atoms with E-state index in [0.717, 1.165) is 6.20 Å². The third-order valence-electron chi connectivity index (χ3n) is 3.60. The lowest BCUT2D eigenvalue weighted by Gasteiger charge is -2.28. The van der Waals surface area contributed by atoms with Crippen molar-refractivity contribution in [3.63, 3.8) is 0 Å². The Hall–Kier alpha value is -1.48. The second-order valence-corrected chi connectivity index (χ2v) is 7.44. The number of nitrogens with zero attached hydrogens (tertiary/aromatic N) is 3. The Morgan fingerprint density at radius 2 is 2.14 bits per heavy atom. The van der Waals surface area contributed by atoms with Crippen LogP contribution in [0.1, 0.15) is 6.42 Å². The van der Waals surface area contributed by atoms with Crippen LogP contribution >= 0.6 is 0 Å². The first-order valence-electron chi connectivity index (χ1n) is 6.86. The summed E-state index contributed by atoms with van der Waals surface area (Å²) in [7, 11) is -2.97. The molecular weight excluding hydrogens is 299 g/mol. The molecule has 1 aromatic heterocycles. The fourth-order valence-electron chi connectivity index (χ4n) is 2.52. The highest BCUT2D eigenvalue weighted by Crippen LogP contribution is 2.20. The summed E-state index contributed by atoms with van der Waals surface area (Å²) in [6, 6.07) is -0.210. The molecule has 2 aliphatic rings. The summed E-state index contributed by atoms with van der Waals surface area (Å²) < 4.78 is 42.0. The van der Waals surface area contributed by atoms with Crippen LogP contribution in [-0.4, -0.2) is 62.2 Å². The van der Waals surface area contributed by atoms with Crippen molar-refractivity contribution in [3.8, 4) is 0 Å². The van der Waals surface area contributed by atoms with E-state index in [0.29, 0.717) is 32.7 Å². The van der Waals surface area contributed by atoms with E-state index in [2.05, 4.69) is 15.3 Å². The van der Waals surface area contributed by atoms with Gasteiger partial charge in [0.25, 0.3) is 0 Å². The van der Waals surface area contributed by atoms with Gasteiger partial charge in [-0.3, -0.25) is 0 Å². The first kappa shape index (κ1) is 14.5. The average Bonchev–Trinajstić information content (AvgIpc) is 2.81. The fraction of sp³-hybridized carbons (Fsp3) is 0.667. The van der Waals surface area contributed by atoms with Crippen molar-refractivity contribution in [2.45, 2.75) is 12.5 Å². The molecule has 0 saturated carbocycles. The van der Waals surface area contributed by atoms with Crippen LogP contribution in [0.2, 0.25) is 0 Å². The maximum atomic E-state index is 13.9. The highest BCUT2D eigenvalue weighted by molar-refractivity contribution is 7.91.